The topological polar surface area (TPSA) is 84.3 Å². The first-order chi connectivity index (χ1) is 16.2. The quantitative estimate of drug-likeness (QED) is 0.278. The molecule has 0 aliphatic heterocycles. The van der Waals surface area contributed by atoms with Crippen LogP contribution in [0.3, 0.4) is 0 Å². The number of nitrogens with zero attached hydrogens (tertiary/aromatic N) is 2. The Labute approximate surface area is 191 Å². The van der Waals surface area contributed by atoms with Gasteiger partial charge in [0, 0.05) is 41.2 Å². The van der Waals surface area contributed by atoms with Crippen LogP contribution in [0.25, 0.3) is 11.3 Å². The molecule has 1 amide bonds. The molecule has 0 fully saturated rings. The van der Waals surface area contributed by atoms with Crippen LogP contribution in [0, 0.1) is 11.8 Å². The molecule has 33 heavy (non-hydrogen) atoms. The zero-order valence-electron chi connectivity index (χ0n) is 17.9. The van der Waals surface area contributed by atoms with Gasteiger partial charge in [-0.15, -0.1) is 0 Å². The molecule has 6 nitrogen and oxygen atoms in total. The molecule has 0 saturated heterocycles. The van der Waals surface area contributed by atoms with E-state index < -0.39 is 5.91 Å². The van der Waals surface area contributed by atoms with E-state index in [9.17, 15) is 10.0 Å². The number of hydroxylamine groups is 1. The Morgan fingerprint density at radius 2 is 1.76 bits per heavy atom. The highest BCUT2D eigenvalue weighted by molar-refractivity contribution is 5.98. The molecule has 0 saturated carbocycles. The van der Waals surface area contributed by atoms with E-state index in [-0.39, 0.29) is 11.3 Å². The third-order valence-corrected chi connectivity index (χ3v) is 4.98. The first-order valence-corrected chi connectivity index (χ1v) is 10.3. The first kappa shape index (κ1) is 21.8. The summed E-state index contributed by atoms with van der Waals surface area (Å²) in [4.78, 5) is 21.2. The lowest BCUT2D eigenvalue weighted by Gasteiger charge is -2.15. The third kappa shape index (κ3) is 5.24. The van der Waals surface area contributed by atoms with Crippen molar-refractivity contribution in [2.75, 3.05) is 7.11 Å². The SMILES string of the molecule is COc1c(C(=O)NO)cc(Cc2ccccc2)nc1-c1ccc(C#Cc2cccnc2)cc1. The van der Waals surface area contributed by atoms with Crippen molar-refractivity contribution in [2.24, 2.45) is 0 Å². The van der Waals surface area contributed by atoms with Gasteiger partial charge in [0.2, 0.25) is 0 Å². The van der Waals surface area contributed by atoms with E-state index in [2.05, 4.69) is 16.8 Å². The van der Waals surface area contributed by atoms with Gasteiger partial charge in [-0.3, -0.25) is 15.0 Å². The van der Waals surface area contributed by atoms with Crippen molar-refractivity contribution in [2.45, 2.75) is 6.42 Å². The summed E-state index contributed by atoms with van der Waals surface area (Å²) in [5.74, 6) is 5.81. The van der Waals surface area contributed by atoms with Crippen LogP contribution in [0.2, 0.25) is 0 Å². The van der Waals surface area contributed by atoms with Crippen LogP contribution in [0.5, 0.6) is 5.75 Å². The summed E-state index contributed by atoms with van der Waals surface area (Å²) in [5, 5.41) is 9.24. The lowest BCUT2D eigenvalue weighted by molar-refractivity contribution is 0.0703. The fourth-order valence-electron chi connectivity index (χ4n) is 3.41. The highest BCUT2D eigenvalue weighted by Gasteiger charge is 2.20. The highest BCUT2D eigenvalue weighted by Crippen LogP contribution is 2.33. The van der Waals surface area contributed by atoms with Gasteiger partial charge >= 0.3 is 0 Å². The van der Waals surface area contributed by atoms with Crippen LogP contribution in [0.15, 0.2) is 85.2 Å². The van der Waals surface area contributed by atoms with Gasteiger partial charge in [-0.25, -0.2) is 10.5 Å². The average Bonchev–Trinajstić information content (AvgIpc) is 2.88. The van der Waals surface area contributed by atoms with E-state index in [0.29, 0.717) is 17.8 Å². The Morgan fingerprint density at radius 1 is 1.00 bits per heavy atom. The molecule has 162 valence electrons. The highest BCUT2D eigenvalue weighted by atomic mass is 16.5. The van der Waals surface area contributed by atoms with Crippen LogP contribution in [-0.2, 0) is 6.42 Å². The van der Waals surface area contributed by atoms with Crippen molar-refractivity contribution >= 4 is 5.91 Å². The molecular formula is C27H21N3O3. The number of aromatic nitrogens is 2. The normalized spacial score (nSPS) is 10.1. The molecule has 0 unspecified atom stereocenters. The maximum Gasteiger partial charge on any atom is 0.278 e. The standard InChI is InChI=1S/C27H21N3O3/c1-33-26-24(27(31)30-32)17-23(16-20-6-3-2-4-7-20)29-25(26)22-13-11-19(12-14-22)9-10-21-8-5-15-28-18-21/h2-8,11-15,17-18,32H,16H2,1H3,(H,30,31). The second-order valence-corrected chi connectivity index (χ2v) is 7.22. The minimum absolute atomic E-state index is 0.205. The van der Waals surface area contributed by atoms with E-state index >= 15 is 0 Å². The van der Waals surface area contributed by atoms with Gasteiger partial charge in [0.15, 0.2) is 5.75 Å². The van der Waals surface area contributed by atoms with Crippen molar-refractivity contribution in [3.63, 3.8) is 0 Å². The smallest absolute Gasteiger partial charge is 0.278 e. The van der Waals surface area contributed by atoms with E-state index in [1.54, 1.807) is 23.9 Å². The first-order valence-electron chi connectivity index (χ1n) is 10.3. The molecule has 2 aromatic carbocycles. The number of methoxy groups -OCH3 is 1. The molecular weight excluding hydrogens is 414 g/mol. The second kappa shape index (κ2) is 10.2. The van der Waals surface area contributed by atoms with Gasteiger partial charge in [-0.05, 0) is 35.9 Å². The minimum Gasteiger partial charge on any atom is -0.494 e. The van der Waals surface area contributed by atoms with Gasteiger partial charge in [-0.1, -0.05) is 54.3 Å². The number of pyridine rings is 2. The van der Waals surface area contributed by atoms with Crippen LogP contribution in [0.4, 0.5) is 0 Å². The molecule has 2 heterocycles. The molecule has 4 aromatic rings. The summed E-state index contributed by atoms with van der Waals surface area (Å²) in [7, 11) is 1.47. The molecule has 2 N–H and O–H groups in total. The fraction of sp³-hybridized carbons (Fsp3) is 0.0741. The van der Waals surface area contributed by atoms with Crippen LogP contribution in [-0.4, -0.2) is 28.2 Å². The lowest BCUT2D eigenvalue weighted by atomic mass is 10.0. The summed E-state index contributed by atoms with van der Waals surface area (Å²) in [5.41, 5.74) is 6.57. The lowest BCUT2D eigenvalue weighted by Crippen LogP contribution is -2.20. The third-order valence-electron chi connectivity index (χ3n) is 4.98. The summed E-state index contributed by atoms with van der Waals surface area (Å²) < 4.78 is 5.53. The van der Waals surface area contributed by atoms with Gasteiger partial charge in [0.05, 0.1) is 12.7 Å². The molecule has 6 heteroatoms. The largest absolute Gasteiger partial charge is 0.494 e. The number of amides is 1. The molecule has 0 atom stereocenters. The van der Waals surface area contributed by atoms with Crippen LogP contribution >= 0.6 is 0 Å². The maximum atomic E-state index is 12.4. The fourth-order valence-corrected chi connectivity index (χ4v) is 3.41. The Kier molecular flexibility index (Phi) is 6.74. The van der Waals surface area contributed by atoms with Crippen molar-refractivity contribution in [1.29, 1.82) is 0 Å². The van der Waals surface area contributed by atoms with E-state index in [0.717, 1.165) is 22.3 Å². The Hall–Kier alpha value is -4.47. The second-order valence-electron chi connectivity index (χ2n) is 7.22. The number of rotatable bonds is 5. The summed E-state index contributed by atoms with van der Waals surface area (Å²) >= 11 is 0. The zero-order chi connectivity index (χ0) is 23.0. The monoisotopic (exact) mass is 435 g/mol. The number of ether oxygens (including phenoxy) is 1. The summed E-state index contributed by atoms with van der Waals surface area (Å²) in [6, 6.07) is 22.7. The molecule has 4 rings (SSSR count). The molecule has 0 aliphatic rings. The molecule has 0 spiro atoms. The molecule has 0 radical (unpaired) electrons. The van der Waals surface area contributed by atoms with Crippen molar-refractivity contribution in [1.82, 2.24) is 15.4 Å². The predicted octanol–water partition coefficient (Wildman–Crippen LogP) is 4.26. The number of carbonyl (C=O) groups is 1. The molecule has 0 bridgehead atoms. The maximum absolute atomic E-state index is 12.4. The minimum atomic E-state index is -0.663. The molecule has 0 aliphatic carbocycles. The number of nitrogens with one attached hydrogen (secondary N) is 1. The van der Waals surface area contributed by atoms with Crippen LogP contribution in [0.1, 0.15) is 32.7 Å². The Morgan fingerprint density at radius 3 is 2.42 bits per heavy atom. The number of carbonyl (C=O) groups excluding carboxylic acids is 1. The van der Waals surface area contributed by atoms with Crippen LogP contribution < -0.4 is 10.2 Å². The van der Waals surface area contributed by atoms with E-state index in [4.69, 9.17) is 9.72 Å². The Bertz CT molecular complexity index is 1310. The van der Waals surface area contributed by atoms with Crippen molar-refractivity contribution < 1.29 is 14.7 Å². The Balaban J connectivity index is 1.73. The number of hydrogen-bond acceptors (Lipinski definition) is 5. The van der Waals surface area contributed by atoms with Gasteiger partial charge in [0.25, 0.3) is 5.91 Å². The number of hydrogen-bond donors (Lipinski definition) is 2. The van der Waals surface area contributed by atoms with Gasteiger partial charge < -0.3 is 4.74 Å². The van der Waals surface area contributed by atoms with Gasteiger partial charge in [-0.2, -0.15) is 0 Å². The van der Waals surface area contributed by atoms with Crippen molar-refractivity contribution in [3.05, 3.63) is 113 Å². The number of benzene rings is 2. The van der Waals surface area contributed by atoms with Crippen molar-refractivity contribution in [3.8, 4) is 28.8 Å². The predicted molar refractivity (Wildman–Crippen MR) is 125 cm³/mol. The summed E-state index contributed by atoms with van der Waals surface area (Å²) in [6.45, 7) is 0. The van der Waals surface area contributed by atoms with E-state index in [1.165, 1.54) is 7.11 Å². The molecule has 2 aromatic heterocycles. The van der Waals surface area contributed by atoms with E-state index in [1.807, 2.05) is 66.7 Å². The summed E-state index contributed by atoms with van der Waals surface area (Å²) in [6.07, 6.45) is 3.94. The average molecular weight is 435 g/mol. The van der Waals surface area contributed by atoms with Gasteiger partial charge in [0.1, 0.15) is 5.69 Å². The zero-order valence-corrected chi connectivity index (χ0v) is 17.9.